The van der Waals surface area contributed by atoms with E-state index in [1.54, 1.807) is 0 Å². The normalized spacial score (nSPS) is 11.5. The summed E-state index contributed by atoms with van der Waals surface area (Å²) >= 11 is 0. The maximum Gasteiger partial charge on any atom is 0.305 e. The summed E-state index contributed by atoms with van der Waals surface area (Å²) < 4.78 is 7.08. The van der Waals surface area contributed by atoms with Gasteiger partial charge in [-0.25, -0.2) is 0 Å². The van der Waals surface area contributed by atoms with E-state index in [1.807, 2.05) is 66.1 Å². The van der Waals surface area contributed by atoms with Gasteiger partial charge in [0.2, 0.25) is 0 Å². The van der Waals surface area contributed by atoms with Gasteiger partial charge in [-0.3, -0.25) is 9.59 Å². The number of benzene rings is 2. The molecule has 2 aromatic carbocycles. The van der Waals surface area contributed by atoms with Crippen LogP contribution in [0, 0.1) is 5.92 Å². The first-order chi connectivity index (χ1) is 17.9. The quantitative estimate of drug-likeness (QED) is 0.124. The van der Waals surface area contributed by atoms with E-state index < -0.39 is 0 Å². The number of pyridine rings is 1. The van der Waals surface area contributed by atoms with E-state index >= 15 is 0 Å². The van der Waals surface area contributed by atoms with Crippen molar-refractivity contribution in [2.24, 2.45) is 5.92 Å². The van der Waals surface area contributed by atoms with E-state index in [1.165, 1.54) is 5.56 Å². The van der Waals surface area contributed by atoms with Crippen LogP contribution < -0.4 is 0 Å². The molecule has 0 bridgehead atoms. The Hall–Kier alpha value is -3.92. The molecule has 0 radical (unpaired) electrons. The second kappa shape index (κ2) is 12.4. The van der Waals surface area contributed by atoms with Crippen molar-refractivity contribution < 1.29 is 14.3 Å². The second-order valence-corrected chi connectivity index (χ2v) is 9.79. The Kier molecular flexibility index (Phi) is 8.73. The van der Waals surface area contributed by atoms with Gasteiger partial charge in [0.1, 0.15) is 0 Å². The van der Waals surface area contributed by atoms with Crippen molar-refractivity contribution >= 4 is 29.4 Å². The molecule has 37 heavy (non-hydrogen) atoms. The molecule has 4 heteroatoms. The number of rotatable bonds is 11. The number of hydrogen-bond donors (Lipinski definition) is 0. The zero-order valence-corrected chi connectivity index (χ0v) is 21.9. The van der Waals surface area contributed by atoms with Crippen LogP contribution in [-0.4, -0.2) is 22.8 Å². The van der Waals surface area contributed by atoms with Crippen LogP contribution in [-0.2, 0) is 22.4 Å². The van der Waals surface area contributed by atoms with E-state index in [0.29, 0.717) is 42.9 Å². The summed E-state index contributed by atoms with van der Waals surface area (Å²) in [6.45, 7) is 6.67. The van der Waals surface area contributed by atoms with Crippen LogP contribution in [0.1, 0.15) is 71.9 Å². The third kappa shape index (κ3) is 6.85. The van der Waals surface area contributed by atoms with Crippen molar-refractivity contribution in [3.8, 4) is 0 Å². The zero-order valence-electron chi connectivity index (χ0n) is 21.9. The monoisotopic (exact) mass is 493 g/mol. The number of ether oxygens (including phenoxy) is 1. The number of ketones is 1. The molecule has 0 atom stereocenters. The molecule has 4 rings (SSSR count). The number of carbonyl (C=O) groups excluding carboxylic acids is 2. The molecule has 0 N–H and O–H groups in total. The molecule has 0 fully saturated rings. The van der Waals surface area contributed by atoms with Gasteiger partial charge in [-0.1, -0.05) is 80.6 Å². The van der Waals surface area contributed by atoms with Gasteiger partial charge < -0.3 is 9.14 Å². The first kappa shape index (κ1) is 26.2. The topological polar surface area (TPSA) is 47.8 Å². The summed E-state index contributed by atoms with van der Waals surface area (Å²) in [6, 6.07) is 24.2. The Labute approximate surface area is 219 Å². The third-order valence-corrected chi connectivity index (χ3v) is 6.38. The van der Waals surface area contributed by atoms with Crippen molar-refractivity contribution in [3.05, 3.63) is 113 Å². The van der Waals surface area contributed by atoms with Crippen molar-refractivity contribution in [3.63, 3.8) is 0 Å². The number of fused-ring (bicyclic) bond motifs is 1. The van der Waals surface area contributed by atoms with Gasteiger partial charge in [0.15, 0.2) is 5.78 Å². The Morgan fingerprint density at radius 1 is 0.919 bits per heavy atom. The predicted octanol–water partition coefficient (Wildman–Crippen LogP) is 7.43. The van der Waals surface area contributed by atoms with E-state index in [0.717, 1.165) is 28.8 Å². The first-order valence-electron chi connectivity index (χ1n) is 13.1. The lowest BCUT2D eigenvalue weighted by atomic mass is 10.0. The standard InChI is InChI=1S/C33H35NO3/c1-4-37-32(35)10-7-8-29-23-30(31-9-5-6-21-34(29)31)33(36)28-19-17-26(18-20-28)12-11-25-13-15-27(16-14-25)22-24(2)3/h5-6,9,11-21,23-24H,4,7-8,10,22H2,1-3H3/b12-11+. The number of carbonyl (C=O) groups is 2. The molecule has 0 amide bonds. The Morgan fingerprint density at radius 3 is 2.24 bits per heavy atom. The molecular formula is C33H35NO3. The van der Waals surface area contributed by atoms with E-state index in [4.69, 9.17) is 4.74 Å². The Balaban J connectivity index is 1.46. The lowest BCUT2D eigenvalue weighted by Crippen LogP contribution is -2.04. The SMILES string of the molecule is CCOC(=O)CCCc1cc(C(=O)c2ccc(/C=C/c3ccc(CC(C)C)cc3)cc2)c2ccccn12. The molecule has 4 nitrogen and oxygen atoms in total. The average Bonchev–Trinajstić information content (AvgIpc) is 3.27. The lowest BCUT2D eigenvalue weighted by molar-refractivity contribution is -0.143. The van der Waals surface area contributed by atoms with Crippen LogP contribution >= 0.6 is 0 Å². The summed E-state index contributed by atoms with van der Waals surface area (Å²) in [5, 5.41) is 0. The number of aryl methyl sites for hydroxylation is 1. The van der Waals surface area contributed by atoms with Crippen LogP contribution in [0.4, 0.5) is 0 Å². The summed E-state index contributed by atoms with van der Waals surface area (Å²) in [5.41, 5.74) is 6.79. The number of nitrogens with zero attached hydrogens (tertiary/aromatic N) is 1. The van der Waals surface area contributed by atoms with Crippen LogP contribution in [0.5, 0.6) is 0 Å². The van der Waals surface area contributed by atoms with Crippen molar-refractivity contribution in [2.75, 3.05) is 6.61 Å². The fourth-order valence-corrected chi connectivity index (χ4v) is 4.57. The smallest absolute Gasteiger partial charge is 0.305 e. The molecule has 0 spiro atoms. The molecule has 0 saturated carbocycles. The number of esters is 1. The van der Waals surface area contributed by atoms with Gasteiger partial charge >= 0.3 is 5.97 Å². The van der Waals surface area contributed by atoms with Crippen LogP contribution in [0.2, 0.25) is 0 Å². The highest BCUT2D eigenvalue weighted by molar-refractivity contribution is 6.13. The molecule has 4 aromatic rings. The van der Waals surface area contributed by atoms with Crippen molar-refractivity contribution in [1.82, 2.24) is 4.40 Å². The van der Waals surface area contributed by atoms with Gasteiger partial charge in [0.25, 0.3) is 0 Å². The van der Waals surface area contributed by atoms with Crippen molar-refractivity contribution in [1.29, 1.82) is 0 Å². The Morgan fingerprint density at radius 2 is 1.59 bits per heavy atom. The van der Waals surface area contributed by atoms with Gasteiger partial charge in [-0.15, -0.1) is 0 Å². The number of hydrogen-bond acceptors (Lipinski definition) is 3. The molecule has 190 valence electrons. The number of aromatic nitrogens is 1. The lowest BCUT2D eigenvalue weighted by Gasteiger charge is -2.05. The molecule has 2 aromatic heterocycles. The van der Waals surface area contributed by atoms with Crippen LogP contribution in [0.3, 0.4) is 0 Å². The van der Waals surface area contributed by atoms with Gasteiger partial charge in [0.05, 0.1) is 12.1 Å². The minimum Gasteiger partial charge on any atom is -0.466 e. The predicted molar refractivity (Wildman–Crippen MR) is 151 cm³/mol. The van der Waals surface area contributed by atoms with E-state index in [2.05, 4.69) is 50.3 Å². The fraction of sp³-hybridized carbons (Fsp3) is 0.273. The van der Waals surface area contributed by atoms with Crippen molar-refractivity contribution in [2.45, 2.75) is 46.5 Å². The molecule has 0 saturated heterocycles. The molecular weight excluding hydrogens is 458 g/mol. The first-order valence-corrected chi connectivity index (χ1v) is 13.1. The highest BCUT2D eigenvalue weighted by Gasteiger charge is 2.17. The molecule has 0 aliphatic carbocycles. The fourth-order valence-electron chi connectivity index (χ4n) is 4.57. The second-order valence-electron chi connectivity index (χ2n) is 9.79. The van der Waals surface area contributed by atoms with Crippen LogP contribution in [0.15, 0.2) is 79.0 Å². The highest BCUT2D eigenvalue weighted by atomic mass is 16.5. The summed E-state index contributed by atoms with van der Waals surface area (Å²) in [4.78, 5) is 25.1. The highest BCUT2D eigenvalue weighted by Crippen LogP contribution is 2.23. The van der Waals surface area contributed by atoms with Crippen LogP contribution in [0.25, 0.3) is 17.7 Å². The average molecular weight is 494 g/mol. The van der Waals surface area contributed by atoms with E-state index in [-0.39, 0.29) is 11.8 Å². The maximum absolute atomic E-state index is 13.4. The minimum absolute atomic E-state index is 0.00314. The molecule has 2 heterocycles. The molecule has 0 unspecified atom stereocenters. The Bertz CT molecular complexity index is 1380. The zero-order chi connectivity index (χ0) is 26.2. The largest absolute Gasteiger partial charge is 0.466 e. The van der Waals surface area contributed by atoms with Gasteiger partial charge in [-0.2, -0.15) is 0 Å². The third-order valence-electron chi connectivity index (χ3n) is 6.38. The van der Waals surface area contributed by atoms with Gasteiger partial charge in [0, 0.05) is 29.4 Å². The minimum atomic E-state index is -0.183. The molecule has 0 aliphatic heterocycles. The summed E-state index contributed by atoms with van der Waals surface area (Å²) in [6.07, 6.45) is 8.96. The molecule has 0 aliphatic rings. The maximum atomic E-state index is 13.4. The summed E-state index contributed by atoms with van der Waals surface area (Å²) in [5.74, 6) is 0.462. The van der Waals surface area contributed by atoms with E-state index in [9.17, 15) is 9.59 Å². The van der Waals surface area contributed by atoms with Gasteiger partial charge in [-0.05, 0) is 67.0 Å². The summed E-state index contributed by atoms with van der Waals surface area (Å²) in [7, 11) is 0.